The van der Waals surface area contributed by atoms with Crippen molar-refractivity contribution >= 4 is 60.4 Å². The summed E-state index contributed by atoms with van der Waals surface area (Å²) in [6.45, 7) is 0. The third-order valence-electron chi connectivity index (χ3n) is 13.0. The summed E-state index contributed by atoms with van der Waals surface area (Å²) in [7, 11) is 0. The topological polar surface area (TPSA) is 17.4 Å². The zero-order valence-corrected chi connectivity index (χ0v) is 32.6. The van der Waals surface area contributed by atoms with E-state index in [9.17, 15) is 0 Å². The Hall–Kier alpha value is -7.88. The second kappa shape index (κ2) is 12.6. The number of hydrogen-bond donors (Lipinski definition) is 0. The molecule has 11 aromatic rings. The summed E-state index contributed by atoms with van der Waals surface area (Å²) in [5.41, 5.74) is 13.6. The van der Waals surface area contributed by atoms with Gasteiger partial charge < -0.3 is 14.2 Å². The Morgan fingerprint density at radius 2 is 0.983 bits per heavy atom. The molecule has 3 nitrogen and oxygen atoms in total. The summed E-state index contributed by atoms with van der Waals surface area (Å²) in [5.74, 6) is 1.78. The highest BCUT2D eigenvalue weighted by molar-refractivity contribution is 6.15. The summed E-state index contributed by atoms with van der Waals surface area (Å²) in [6, 6.07) is 79.8. The van der Waals surface area contributed by atoms with Crippen LogP contribution in [0.2, 0.25) is 0 Å². The molecule has 0 radical (unpaired) electrons. The molecular weight excluding hydrogens is 729 g/mol. The minimum Gasteiger partial charge on any atom is -0.457 e. The van der Waals surface area contributed by atoms with Gasteiger partial charge in [0.2, 0.25) is 0 Å². The molecule has 1 aliphatic heterocycles. The Kier molecular flexibility index (Phi) is 6.93. The maximum atomic E-state index is 6.71. The van der Waals surface area contributed by atoms with E-state index in [-0.39, 0.29) is 0 Å². The van der Waals surface area contributed by atoms with Gasteiger partial charge in [-0.25, -0.2) is 0 Å². The van der Waals surface area contributed by atoms with Gasteiger partial charge in [-0.2, -0.15) is 0 Å². The molecule has 0 saturated heterocycles. The lowest BCUT2D eigenvalue weighted by atomic mass is 9.58. The van der Waals surface area contributed by atoms with Crippen LogP contribution < -0.4 is 9.64 Å². The van der Waals surface area contributed by atoms with Crippen LogP contribution in [0.4, 0.5) is 17.1 Å². The fourth-order valence-corrected chi connectivity index (χ4v) is 10.7. The number of hydrogen-bond acceptors (Lipinski definition) is 2. The molecule has 0 amide bonds. The van der Waals surface area contributed by atoms with Crippen molar-refractivity contribution in [2.45, 2.75) is 5.41 Å². The van der Waals surface area contributed by atoms with Crippen molar-refractivity contribution in [2.75, 3.05) is 4.90 Å². The molecule has 0 atom stereocenters. The lowest BCUT2D eigenvalue weighted by molar-refractivity contribution is 0.435. The predicted molar refractivity (Wildman–Crippen MR) is 248 cm³/mol. The average molecular weight is 765 g/mol. The minimum absolute atomic E-state index is 0.602. The van der Waals surface area contributed by atoms with Gasteiger partial charge in [-0.1, -0.05) is 158 Å². The van der Waals surface area contributed by atoms with E-state index in [1.807, 2.05) is 0 Å². The molecule has 13 rings (SSSR count). The van der Waals surface area contributed by atoms with Gasteiger partial charge in [-0.3, -0.25) is 0 Å². The Morgan fingerprint density at radius 3 is 1.82 bits per heavy atom. The normalized spacial score (nSPS) is 13.3. The zero-order valence-electron chi connectivity index (χ0n) is 32.6. The summed E-state index contributed by atoms with van der Waals surface area (Å²) in [4.78, 5) is 2.50. The molecule has 3 heteroatoms. The van der Waals surface area contributed by atoms with Gasteiger partial charge in [-0.05, 0) is 93.7 Å². The lowest BCUT2D eigenvalue weighted by Crippen LogP contribution is -2.36. The molecule has 0 bridgehead atoms. The largest absolute Gasteiger partial charge is 0.457 e. The number of anilines is 3. The molecule has 60 heavy (non-hydrogen) atoms. The van der Waals surface area contributed by atoms with Gasteiger partial charge in [0.15, 0.2) is 0 Å². The summed E-state index contributed by atoms with van der Waals surface area (Å²) in [5, 5.41) is 7.29. The number of para-hydroxylation sites is 4. The first-order valence-corrected chi connectivity index (χ1v) is 20.7. The van der Waals surface area contributed by atoms with E-state index in [0.717, 1.165) is 45.4 Å². The highest BCUT2D eigenvalue weighted by Gasteiger charge is 2.49. The number of aromatic nitrogens is 1. The first-order valence-electron chi connectivity index (χ1n) is 20.7. The van der Waals surface area contributed by atoms with E-state index in [2.05, 4.69) is 228 Å². The van der Waals surface area contributed by atoms with Gasteiger partial charge >= 0.3 is 0 Å². The van der Waals surface area contributed by atoms with Crippen LogP contribution in [0.15, 0.2) is 218 Å². The van der Waals surface area contributed by atoms with Gasteiger partial charge in [0.1, 0.15) is 11.5 Å². The number of benzene rings is 10. The molecule has 2 aliphatic rings. The van der Waals surface area contributed by atoms with Crippen molar-refractivity contribution in [3.05, 3.63) is 241 Å². The molecule has 0 N–H and O–H groups in total. The van der Waals surface area contributed by atoms with Crippen LogP contribution in [0.3, 0.4) is 0 Å². The Labute approximate surface area is 347 Å². The highest BCUT2D eigenvalue weighted by atomic mass is 16.5. The Morgan fingerprint density at radius 1 is 0.383 bits per heavy atom. The molecule has 10 aromatic carbocycles. The van der Waals surface area contributed by atoms with Crippen molar-refractivity contribution < 1.29 is 4.74 Å². The monoisotopic (exact) mass is 764 g/mol. The molecule has 1 aliphatic carbocycles. The lowest BCUT2D eigenvalue weighted by Gasteiger charge is -2.45. The smallest absolute Gasteiger partial charge is 0.132 e. The fraction of sp³-hybridized carbons (Fsp3) is 0.0175. The van der Waals surface area contributed by atoms with E-state index in [1.54, 1.807) is 0 Å². The third-order valence-corrected chi connectivity index (χ3v) is 13.0. The summed E-state index contributed by atoms with van der Waals surface area (Å²) < 4.78 is 9.10. The number of fused-ring (bicyclic) bond motifs is 12. The van der Waals surface area contributed by atoms with Gasteiger partial charge in [-0.15, -0.1) is 0 Å². The maximum absolute atomic E-state index is 6.71. The third kappa shape index (κ3) is 4.44. The second-order valence-electron chi connectivity index (χ2n) is 16.0. The van der Waals surface area contributed by atoms with Gasteiger partial charge in [0.05, 0.1) is 27.8 Å². The van der Waals surface area contributed by atoms with Crippen LogP contribution in [0.25, 0.3) is 60.2 Å². The first-order chi connectivity index (χ1) is 29.8. The van der Waals surface area contributed by atoms with E-state index in [1.165, 1.54) is 65.6 Å². The van der Waals surface area contributed by atoms with Crippen LogP contribution in [0, 0.1) is 0 Å². The van der Waals surface area contributed by atoms with Crippen molar-refractivity contribution in [3.63, 3.8) is 0 Å². The second-order valence-corrected chi connectivity index (χ2v) is 16.0. The number of ether oxygens (including phenoxy) is 1. The highest BCUT2D eigenvalue weighted by Crippen LogP contribution is 2.62. The Balaban J connectivity index is 1.14. The van der Waals surface area contributed by atoms with Crippen molar-refractivity contribution in [2.24, 2.45) is 0 Å². The standard InChI is InChI=1S/C57H36N2O/c1-2-18-38(19-3-1)58-51-28-11-7-22-42(51)45-36-39(32-34-53(45)58)59(50-29-14-17-37-16-4-5-20-40(37)50)52-35-33-43-41-21-6-8-24-46(41)57(49-27-15-23-44(52)56(43)49)47-25-9-12-30-54(47)60-55-31-13-10-26-48(55)57/h1-36H. The quantitative estimate of drug-likeness (QED) is 0.178. The van der Waals surface area contributed by atoms with E-state index < -0.39 is 5.41 Å². The molecule has 0 saturated carbocycles. The first kappa shape index (κ1) is 33.1. The van der Waals surface area contributed by atoms with Gasteiger partial charge in [0.25, 0.3) is 0 Å². The van der Waals surface area contributed by atoms with Crippen molar-refractivity contribution in [1.82, 2.24) is 4.57 Å². The zero-order chi connectivity index (χ0) is 39.4. The van der Waals surface area contributed by atoms with Crippen molar-refractivity contribution in [1.29, 1.82) is 0 Å². The molecule has 280 valence electrons. The molecule has 0 unspecified atom stereocenters. The fourth-order valence-electron chi connectivity index (χ4n) is 10.7. The van der Waals surface area contributed by atoms with Crippen molar-refractivity contribution in [3.8, 4) is 28.3 Å². The van der Waals surface area contributed by atoms with E-state index in [0.29, 0.717) is 0 Å². The SMILES string of the molecule is c1ccc(-n2c3ccccc3c3cc(N(c4cccc5ccccc45)c4ccc5c6c(cccc46)C4(c6ccccc6Oc6ccccc64)c4ccccc4-5)ccc32)cc1. The van der Waals surface area contributed by atoms with E-state index in [4.69, 9.17) is 4.74 Å². The molecule has 2 heterocycles. The van der Waals surface area contributed by atoms with Crippen LogP contribution in [0.1, 0.15) is 22.3 Å². The minimum atomic E-state index is -0.602. The number of rotatable bonds is 4. The van der Waals surface area contributed by atoms with Crippen LogP contribution >= 0.6 is 0 Å². The summed E-state index contributed by atoms with van der Waals surface area (Å²) >= 11 is 0. The Bertz CT molecular complexity index is 3490. The van der Waals surface area contributed by atoms with Crippen LogP contribution in [0.5, 0.6) is 11.5 Å². The molecule has 0 fully saturated rings. The van der Waals surface area contributed by atoms with Crippen LogP contribution in [-0.2, 0) is 5.41 Å². The van der Waals surface area contributed by atoms with Gasteiger partial charge in [0, 0.05) is 44.0 Å². The maximum Gasteiger partial charge on any atom is 0.132 e. The molecular formula is C57H36N2O. The summed E-state index contributed by atoms with van der Waals surface area (Å²) in [6.07, 6.45) is 0. The number of nitrogens with zero attached hydrogens (tertiary/aromatic N) is 2. The van der Waals surface area contributed by atoms with Crippen LogP contribution in [-0.4, -0.2) is 4.57 Å². The molecule has 1 spiro atoms. The average Bonchev–Trinajstić information content (AvgIpc) is 3.65. The predicted octanol–water partition coefficient (Wildman–Crippen LogP) is 15.0. The molecule has 1 aromatic heterocycles. The van der Waals surface area contributed by atoms with E-state index >= 15 is 0 Å².